The molecule has 0 aliphatic heterocycles. The van der Waals surface area contributed by atoms with Crippen LogP contribution in [0.15, 0.2) is 45.8 Å². The van der Waals surface area contributed by atoms with Crippen LogP contribution in [0.3, 0.4) is 0 Å². The lowest BCUT2D eigenvalue weighted by molar-refractivity contribution is 0.100. The van der Waals surface area contributed by atoms with Gasteiger partial charge in [-0.1, -0.05) is 39.1 Å². The Morgan fingerprint density at radius 2 is 1.77 bits per heavy atom. The number of primary amides is 1. The third kappa shape index (κ3) is 3.73. The first-order valence-electron chi connectivity index (χ1n) is 5.78. The minimum atomic E-state index is -3.97. The van der Waals surface area contributed by atoms with Crippen LogP contribution in [0.5, 0.6) is 0 Å². The van der Waals surface area contributed by atoms with E-state index >= 15 is 0 Å². The molecule has 1 amide bonds. The van der Waals surface area contributed by atoms with Crippen LogP contribution in [0, 0.1) is 0 Å². The Balaban J connectivity index is 2.45. The van der Waals surface area contributed by atoms with Gasteiger partial charge in [0.2, 0.25) is 5.91 Å². The number of benzene rings is 2. The van der Waals surface area contributed by atoms with Crippen molar-refractivity contribution in [3.8, 4) is 0 Å². The largest absolute Gasteiger partial charge is 0.366 e. The zero-order valence-corrected chi connectivity index (χ0v) is 14.7. The van der Waals surface area contributed by atoms with Crippen LogP contribution in [-0.4, -0.2) is 14.3 Å². The van der Waals surface area contributed by atoms with Crippen LogP contribution in [0.25, 0.3) is 0 Å². The summed E-state index contributed by atoms with van der Waals surface area (Å²) in [4.78, 5) is 11.1. The highest BCUT2D eigenvalue weighted by Crippen LogP contribution is 2.29. The average Bonchev–Trinajstić information content (AvgIpc) is 2.40. The van der Waals surface area contributed by atoms with E-state index in [1.165, 1.54) is 30.3 Å². The van der Waals surface area contributed by atoms with E-state index in [0.717, 1.165) is 0 Å². The minimum Gasteiger partial charge on any atom is -0.366 e. The Hall–Kier alpha value is -1.28. The van der Waals surface area contributed by atoms with Gasteiger partial charge in [0.25, 0.3) is 10.0 Å². The van der Waals surface area contributed by atoms with Gasteiger partial charge in [-0.05, 0) is 36.4 Å². The summed E-state index contributed by atoms with van der Waals surface area (Å²) in [7, 11) is -3.97. The zero-order valence-electron chi connectivity index (χ0n) is 10.8. The van der Waals surface area contributed by atoms with Gasteiger partial charge in [0.05, 0.1) is 15.7 Å². The summed E-state index contributed by atoms with van der Waals surface area (Å²) < 4.78 is 27.7. The average molecular weight is 424 g/mol. The van der Waals surface area contributed by atoms with Crippen molar-refractivity contribution in [2.45, 2.75) is 4.90 Å². The summed E-state index contributed by atoms with van der Waals surface area (Å²) in [6.45, 7) is 0. The lowest BCUT2D eigenvalue weighted by atomic mass is 10.2. The summed E-state index contributed by atoms with van der Waals surface area (Å²) in [5, 5.41) is 0.172. The number of sulfonamides is 1. The number of carbonyl (C=O) groups excluding carboxylic acids is 1. The molecule has 0 spiro atoms. The van der Waals surface area contributed by atoms with Gasteiger partial charge in [-0.25, -0.2) is 8.42 Å². The molecule has 0 heterocycles. The second-order valence-electron chi connectivity index (χ2n) is 4.24. The monoisotopic (exact) mass is 422 g/mol. The predicted molar refractivity (Wildman–Crippen MR) is 89.9 cm³/mol. The second kappa shape index (κ2) is 6.45. The van der Waals surface area contributed by atoms with E-state index in [2.05, 4.69) is 20.7 Å². The molecule has 2 aromatic rings. The summed E-state index contributed by atoms with van der Waals surface area (Å²) in [5.41, 5.74) is 5.33. The molecule has 5 nitrogen and oxygen atoms in total. The van der Waals surface area contributed by atoms with Crippen molar-refractivity contribution in [3.63, 3.8) is 0 Å². The van der Waals surface area contributed by atoms with Crippen LogP contribution >= 0.6 is 39.1 Å². The Labute approximate surface area is 145 Å². The van der Waals surface area contributed by atoms with Gasteiger partial charge >= 0.3 is 0 Å². The molecule has 0 unspecified atom stereocenters. The number of nitrogens with one attached hydrogen (secondary N) is 1. The van der Waals surface area contributed by atoms with Gasteiger partial charge in [-0.3, -0.25) is 9.52 Å². The number of carbonyl (C=O) groups is 1. The maximum Gasteiger partial charge on any atom is 0.263 e. The zero-order chi connectivity index (χ0) is 16.5. The molecule has 0 aromatic heterocycles. The molecule has 0 radical (unpaired) electrons. The van der Waals surface area contributed by atoms with E-state index in [4.69, 9.17) is 28.9 Å². The third-order valence-electron chi connectivity index (χ3n) is 2.68. The number of amides is 1. The van der Waals surface area contributed by atoms with Crippen molar-refractivity contribution >= 4 is 60.7 Å². The topological polar surface area (TPSA) is 89.3 Å². The number of anilines is 1. The molecule has 0 aliphatic carbocycles. The normalized spacial score (nSPS) is 11.2. The van der Waals surface area contributed by atoms with Gasteiger partial charge in [0.1, 0.15) is 4.90 Å². The highest BCUT2D eigenvalue weighted by Gasteiger charge is 2.20. The highest BCUT2D eigenvalue weighted by atomic mass is 79.9. The maximum atomic E-state index is 12.4. The van der Waals surface area contributed by atoms with E-state index in [0.29, 0.717) is 4.47 Å². The first kappa shape index (κ1) is 17.1. The van der Waals surface area contributed by atoms with Crippen LogP contribution in [0.2, 0.25) is 10.0 Å². The smallest absolute Gasteiger partial charge is 0.263 e. The number of halogens is 3. The minimum absolute atomic E-state index is 0.0388. The quantitative estimate of drug-likeness (QED) is 0.786. The summed E-state index contributed by atoms with van der Waals surface area (Å²) in [5.74, 6) is -0.696. The Kier molecular flexibility index (Phi) is 5.01. The molecule has 116 valence electrons. The van der Waals surface area contributed by atoms with E-state index in [1.54, 1.807) is 6.07 Å². The van der Waals surface area contributed by atoms with Gasteiger partial charge in [-0.15, -0.1) is 0 Å². The van der Waals surface area contributed by atoms with E-state index in [-0.39, 0.29) is 26.2 Å². The molecule has 0 saturated heterocycles. The molecule has 9 heteroatoms. The third-order valence-corrected chi connectivity index (χ3v) is 5.35. The molecule has 2 rings (SSSR count). The molecule has 0 saturated carbocycles. The summed E-state index contributed by atoms with van der Waals surface area (Å²) in [6.07, 6.45) is 0. The van der Waals surface area contributed by atoms with Crippen molar-refractivity contribution < 1.29 is 13.2 Å². The number of nitrogens with two attached hydrogens (primary N) is 1. The van der Waals surface area contributed by atoms with Crippen molar-refractivity contribution in [1.29, 1.82) is 0 Å². The van der Waals surface area contributed by atoms with Crippen LogP contribution < -0.4 is 10.5 Å². The summed E-state index contributed by atoms with van der Waals surface area (Å²) >= 11 is 15.1. The Morgan fingerprint density at radius 1 is 1.09 bits per heavy atom. The molecule has 0 fully saturated rings. The lowest BCUT2D eigenvalue weighted by Crippen LogP contribution is -2.15. The van der Waals surface area contributed by atoms with Gasteiger partial charge < -0.3 is 5.73 Å². The Bertz CT molecular complexity index is 856. The van der Waals surface area contributed by atoms with Crippen LogP contribution in [0.1, 0.15) is 10.4 Å². The van der Waals surface area contributed by atoms with Gasteiger partial charge in [0.15, 0.2) is 0 Å². The predicted octanol–water partition coefficient (Wildman–Crippen LogP) is 3.66. The lowest BCUT2D eigenvalue weighted by Gasteiger charge is -2.12. The van der Waals surface area contributed by atoms with Crippen LogP contribution in [0.4, 0.5) is 5.69 Å². The fourth-order valence-corrected chi connectivity index (χ4v) is 3.98. The van der Waals surface area contributed by atoms with Crippen molar-refractivity contribution in [2.24, 2.45) is 5.73 Å². The van der Waals surface area contributed by atoms with E-state index in [1.807, 2.05) is 0 Å². The van der Waals surface area contributed by atoms with E-state index in [9.17, 15) is 13.2 Å². The molecule has 2 aromatic carbocycles. The molecule has 0 bridgehead atoms. The molecule has 0 atom stereocenters. The van der Waals surface area contributed by atoms with Crippen molar-refractivity contribution in [2.75, 3.05) is 4.72 Å². The van der Waals surface area contributed by atoms with Crippen molar-refractivity contribution in [1.82, 2.24) is 0 Å². The molecular weight excluding hydrogens is 415 g/mol. The maximum absolute atomic E-state index is 12.4. The first-order valence-corrected chi connectivity index (χ1v) is 8.81. The summed E-state index contributed by atoms with van der Waals surface area (Å²) in [6, 6.07) is 8.38. The fraction of sp³-hybridized carbons (Fsp3) is 0. The molecule has 0 aliphatic rings. The first-order chi connectivity index (χ1) is 10.2. The standard InChI is InChI=1S/C13H9BrCl2N2O3S/c14-8-2-4-12(10(16)6-8)22(20,21)18-11-5-7(13(17)19)1-3-9(11)15/h1-6,18H,(H2,17,19). The van der Waals surface area contributed by atoms with Gasteiger partial charge in [-0.2, -0.15) is 0 Å². The second-order valence-corrected chi connectivity index (χ2v) is 7.62. The number of hydrogen-bond acceptors (Lipinski definition) is 3. The molecule has 22 heavy (non-hydrogen) atoms. The number of rotatable bonds is 4. The number of hydrogen-bond donors (Lipinski definition) is 2. The van der Waals surface area contributed by atoms with E-state index < -0.39 is 15.9 Å². The fourth-order valence-electron chi connectivity index (χ4n) is 1.65. The molecular formula is C13H9BrCl2N2O3S. The SMILES string of the molecule is NC(=O)c1ccc(Cl)c(NS(=O)(=O)c2ccc(Br)cc2Cl)c1. The van der Waals surface area contributed by atoms with Crippen LogP contribution in [-0.2, 0) is 10.0 Å². The highest BCUT2D eigenvalue weighted by molar-refractivity contribution is 9.10. The molecule has 3 N–H and O–H groups in total. The van der Waals surface area contributed by atoms with Gasteiger partial charge in [0, 0.05) is 10.0 Å². The Morgan fingerprint density at radius 3 is 2.36 bits per heavy atom. The van der Waals surface area contributed by atoms with Crippen molar-refractivity contribution in [3.05, 3.63) is 56.5 Å².